The maximum Gasteiger partial charge on any atom is 0.230 e. The minimum absolute atomic E-state index is 0.0406. The van der Waals surface area contributed by atoms with Crippen molar-refractivity contribution in [1.82, 2.24) is 4.98 Å². The molecule has 0 aliphatic carbocycles. The molecule has 1 aromatic heterocycles. The smallest absolute Gasteiger partial charge is 0.230 e. The molecule has 0 aliphatic heterocycles. The van der Waals surface area contributed by atoms with Crippen LogP contribution in [0.3, 0.4) is 0 Å². The van der Waals surface area contributed by atoms with Crippen LogP contribution in [-0.2, 0) is 11.2 Å². The van der Waals surface area contributed by atoms with Crippen molar-refractivity contribution in [3.8, 4) is 0 Å². The number of rotatable bonds is 4. The van der Waals surface area contributed by atoms with Gasteiger partial charge in [0.2, 0.25) is 5.91 Å². The highest BCUT2D eigenvalue weighted by Crippen LogP contribution is 2.32. The number of amides is 1. The maximum absolute atomic E-state index is 12.5. The molecule has 124 valence electrons. The van der Waals surface area contributed by atoms with Gasteiger partial charge in [0, 0.05) is 4.90 Å². The average Bonchev–Trinajstić information content (AvgIpc) is 3.04. The van der Waals surface area contributed by atoms with Crippen LogP contribution in [0.4, 0.5) is 5.13 Å². The number of benzene rings is 3. The Balaban J connectivity index is 1.58. The predicted molar refractivity (Wildman–Crippen MR) is 108 cm³/mol. The Hall–Kier alpha value is -2.37. The number of hydrogen-bond acceptors (Lipinski definition) is 4. The van der Waals surface area contributed by atoms with Crippen molar-refractivity contribution in [3.05, 3.63) is 66.2 Å². The Morgan fingerprint density at radius 2 is 1.88 bits per heavy atom. The first-order valence-corrected chi connectivity index (χ1v) is 9.99. The first-order chi connectivity index (χ1) is 12.2. The van der Waals surface area contributed by atoms with E-state index in [0.717, 1.165) is 31.4 Å². The third-order valence-corrected chi connectivity index (χ3v) is 5.78. The van der Waals surface area contributed by atoms with Crippen LogP contribution in [0.15, 0.2) is 65.6 Å². The molecule has 0 atom stereocenters. The van der Waals surface area contributed by atoms with Crippen molar-refractivity contribution in [2.45, 2.75) is 11.3 Å². The number of nitrogens with one attached hydrogen (secondary N) is 1. The summed E-state index contributed by atoms with van der Waals surface area (Å²) in [7, 11) is 0. The Morgan fingerprint density at radius 1 is 1.08 bits per heavy atom. The van der Waals surface area contributed by atoms with Crippen molar-refractivity contribution in [2.24, 2.45) is 0 Å². The zero-order chi connectivity index (χ0) is 17.2. The third kappa shape index (κ3) is 3.25. The lowest BCUT2D eigenvalue weighted by Gasteiger charge is -2.06. The summed E-state index contributed by atoms with van der Waals surface area (Å²) < 4.78 is 1.09. The van der Waals surface area contributed by atoms with Crippen molar-refractivity contribution < 1.29 is 4.79 Å². The molecule has 0 radical (unpaired) electrons. The number of nitrogens with zero attached hydrogens (tertiary/aromatic N) is 1. The molecule has 1 amide bonds. The predicted octanol–water partition coefficient (Wildman–Crippen LogP) is 5.35. The number of thioether (sulfide) groups is 1. The Bertz CT molecular complexity index is 1070. The van der Waals surface area contributed by atoms with E-state index in [9.17, 15) is 4.79 Å². The van der Waals surface area contributed by atoms with E-state index in [1.54, 1.807) is 11.8 Å². The van der Waals surface area contributed by atoms with Gasteiger partial charge in [-0.2, -0.15) is 0 Å². The van der Waals surface area contributed by atoms with Gasteiger partial charge in [0.25, 0.3) is 0 Å². The maximum atomic E-state index is 12.5. The molecule has 4 aromatic rings. The second-order valence-corrected chi connectivity index (χ2v) is 7.57. The molecule has 3 nitrogen and oxygen atoms in total. The molecule has 0 unspecified atom stereocenters. The molecule has 0 fully saturated rings. The molecule has 5 heteroatoms. The lowest BCUT2D eigenvalue weighted by Crippen LogP contribution is -2.14. The van der Waals surface area contributed by atoms with E-state index in [4.69, 9.17) is 0 Å². The molecule has 1 heterocycles. The standard InChI is InChI=1S/C20H16N2OS2/c1-24-16-10-5-11-17-19(16)22-20(25-17)21-18(23)12-14-8-4-7-13-6-2-3-9-15(13)14/h2-11H,12H2,1H3,(H,21,22,23). The minimum atomic E-state index is -0.0406. The average molecular weight is 364 g/mol. The molecule has 1 N–H and O–H groups in total. The van der Waals surface area contributed by atoms with Gasteiger partial charge in [-0.1, -0.05) is 59.9 Å². The highest BCUT2D eigenvalue weighted by atomic mass is 32.2. The van der Waals surface area contributed by atoms with Crippen LogP contribution in [0.1, 0.15) is 5.56 Å². The number of anilines is 1. The fourth-order valence-corrected chi connectivity index (χ4v) is 4.46. The van der Waals surface area contributed by atoms with Crippen molar-refractivity contribution in [2.75, 3.05) is 11.6 Å². The lowest BCUT2D eigenvalue weighted by atomic mass is 10.0. The van der Waals surface area contributed by atoms with Crippen LogP contribution < -0.4 is 5.32 Å². The molecule has 3 aromatic carbocycles. The van der Waals surface area contributed by atoms with Crippen LogP contribution in [0.5, 0.6) is 0 Å². The zero-order valence-corrected chi connectivity index (χ0v) is 15.3. The van der Waals surface area contributed by atoms with Gasteiger partial charge in [-0.3, -0.25) is 4.79 Å². The van der Waals surface area contributed by atoms with Gasteiger partial charge >= 0.3 is 0 Å². The number of fused-ring (bicyclic) bond motifs is 2. The quantitative estimate of drug-likeness (QED) is 0.496. The van der Waals surface area contributed by atoms with Crippen LogP contribution in [0.2, 0.25) is 0 Å². The molecule has 0 bridgehead atoms. The van der Waals surface area contributed by atoms with Crippen LogP contribution >= 0.6 is 23.1 Å². The van der Waals surface area contributed by atoms with Crippen molar-refractivity contribution in [3.63, 3.8) is 0 Å². The van der Waals surface area contributed by atoms with Gasteiger partial charge in [-0.15, -0.1) is 11.8 Å². The van der Waals surface area contributed by atoms with Crippen molar-refractivity contribution >= 4 is 55.1 Å². The molecule has 25 heavy (non-hydrogen) atoms. The molecule has 0 spiro atoms. The Kier molecular flexibility index (Phi) is 4.42. The highest BCUT2D eigenvalue weighted by molar-refractivity contribution is 7.98. The Morgan fingerprint density at radius 3 is 2.76 bits per heavy atom. The van der Waals surface area contributed by atoms with E-state index < -0.39 is 0 Å². The monoisotopic (exact) mass is 364 g/mol. The highest BCUT2D eigenvalue weighted by Gasteiger charge is 2.12. The van der Waals surface area contributed by atoms with Gasteiger partial charge in [-0.25, -0.2) is 4.98 Å². The van der Waals surface area contributed by atoms with E-state index in [1.165, 1.54) is 11.3 Å². The largest absolute Gasteiger partial charge is 0.302 e. The van der Waals surface area contributed by atoms with Crippen molar-refractivity contribution in [1.29, 1.82) is 0 Å². The van der Waals surface area contributed by atoms with Gasteiger partial charge in [0.05, 0.1) is 16.6 Å². The van der Waals surface area contributed by atoms with Gasteiger partial charge in [0.1, 0.15) is 0 Å². The summed E-state index contributed by atoms with van der Waals surface area (Å²) >= 11 is 3.18. The molecular formula is C20H16N2OS2. The summed E-state index contributed by atoms with van der Waals surface area (Å²) in [5, 5.41) is 5.88. The lowest BCUT2D eigenvalue weighted by molar-refractivity contribution is -0.115. The summed E-state index contributed by atoms with van der Waals surface area (Å²) in [5.74, 6) is -0.0406. The SMILES string of the molecule is CSc1cccc2sc(NC(=O)Cc3cccc4ccccc34)nc12. The number of hydrogen-bond donors (Lipinski definition) is 1. The molecule has 4 rings (SSSR count). The molecule has 0 saturated heterocycles. The molecule has 0 saturated carbocycles. The summed E-state index contributed by atoms with van der Waals surface area (Å²) in [5.41, 5.74) is 1.99. The zero-order valence-electron chi connectivity index (χ0n) is 13.7. The minimum Gasteiger partial charge on any atom is -0.302 e. The van der Waals surface area contributed by atoms with E-state index in [2.05, 4.69) is 34.6 Å². The summed E-state index contributed by atoms with van der Waals surface area (Å²) in [6.45, 7) is 0. The van der Waals surface area contributed by atoms with Gasteiger partial charge in [-0.05, 0) is 34.7 Å². The molecular weight excluding hydrogens is 348 g/mol. The molecule has 0 aliphatic rings. The normalized spacial score (nSPS) is 11.1. The van der Waals surface area contributed by atoms with E-state index in [-0.39, 0.29) is 5.91 Å². The van der Waals surface area contributed by atoms with E-state index in [1.807, 2.05) is 42.7 Å². The topological polar surface area (TPSA) is 42.0 Å². The van der Waals surface area contributed by atoms with Crippen LogP contribution in [-0.4, -0.2) is 17.1 Å². The summed E-state index contributed by atoms with van der Waals surface area (Å²) in [4.78, 5) is 18.2. The van der Waals surface area contributed by atoms with E-state index in [0.29, 0.717) is 11.6 Å². The second kappa shape index (κ2) is 6.86. The second-order valence-electron chi connectivity index (χ2n) is 5.69. The third-order valence-electron chi connectivity index (χ3n) is 4.08. The fourth-order valence-electron chi connectivity index (χ4n) is 2.92. The van der Waals surface area contributed by atoms with Crippen LogP contribution in [0, 0.1) is 0 Å². The summed E-state index contributed by atoms with van der Waals surface area (Å²) in [6.07, 6.45) is 2.37. The van der Waals surface area contributed by atoms with Crippen LogP contribution in [0.25, 0.3) is 21.0 Å². The number of carbonyl (C=O) groups excluding carboxylic acids is 1. The van der Waals surface area contributed by atoms with Gasteiger partial charge < -0.3 is 5.32 Å². The number of aromatic nitrogens is 1. The fraction of sp³-hybridized carbons (Fsp3) is 0.100. The first-order valence-electron chi connectivity index (χ1n) is 7.94. The number of para-hydroxylation sites is 1. The summed E-state index contributed by atoms with van der Waals surface area (Å²) in [6, 6.07) is 20.3. The number of thiazole rings is 1. The van der Waals surface area contributed by atoms with E-state index >= 15 is 0 Å². The van der Waals surface area contributed by atoms with Gasteiger partial charge in [0.15, 0.2) is 5.13 Å². The Labute approximate surface area is 154 Å². The first kappa shape index (κ1) is 16.1. The number of carbonyl (C=O) groups is 1.